The molecule has 0 heterocycles. The highest BCUT2D eigenvalue weighted by Crippen LogP contribution is 2.04. The Morgan fingerprint density at radius 2 is 1.89 bits per heavy atom. The van der Waals surface area contributed by atoms with Crippen LogP contribution in [0, 0.1) is 0 Å². The highest BCUT2D eigenvalue weighted by molar-refractivity contribution is 7.84. The summed E-state index contributed by atoms with van der Waals surface area (Å²) in [5, 5.41) is 0. The summed E-state index contributed by atoms with van der Waals surface area (Å²) < 4.78 is 27.2. The predicted molar refractivity (Wildman–Crippen MR) is 67.9 cm³/mol. The van der Waals surface area contributed by atoms with Crippen molar-refractivity contribution < 1.29 is 22.4 Å². The zero-order valence-corrected chi connectivity index (χ0v) is 11.5. The smallest absolute Gasteiger partial charge is 0.318 e. The largest absolute Gasteiger partial charge is 0.373 e. The summed E-state index contributed by atoms with van der Waals surface area (Å²) in [6.45, 7) is 0. The van der Waals surface area contributed by atoms with Gasteiger partial charge in [-0.2, -0.15) is 12.7 Å². The fourth-order valence-corrected chi connectivity index (χ4v) is 1.43. The number of hydrogen-bond acceptors (Lipinski definition) is 6. The van der Waals surface area contributed by atoms with E-state index >= 15 is 0 Å². The van der Waals surface area contributed by atoms with E-state index in [0.29, 0.717) is 0 Å². The lowest BCUT2D eigenvalue weighted by Crippen LogP contribution is -2.36. The van der Waals surface area contributed by atoms with E-state index in [1.807, 2.05) is 6.07 Å². The normalized spacial score (nSPS) is 13.3. The van der Waals surface area contributed by atoms with Crippen LogP contribution in [0.25, 0.3) is 0 Å². The standard InChI is InChI=1S/C11H16N2O5S/c1-13(2)19(15,16)18-17-11(14)10(12)8-9-6-4-3-5-7-9/h3-7,10H,8,12H2,1-2H3/t10-/m0/s1. The molecule has 1 atom stereocenters. The minimum atomic E-state index is -4.06. The number of carbonyl (C=O) groups is 1. The van der Waals surface area contributed by atoms with Crippen molar-refractivity contribution in [2.75, 3.05) is 14.1 Å². The third kappa shape index (κ3) is 4.95. The van der Waals surface area contributed by atoms with Crippen molar-refractivity contribution in [2.24, 2.45) is 5.73 Å². The molecule has 0 bridgehead atoms. The van der Waals surface area contributed by atoms with Crippen molar-refractivity contribution >= 4 is 16.3 Å². The van der Waals surface area contributed by atoms with Crippen LogP contribution in [-0.2, 0) is 30.7 Å². The first kappa shape index (κ1) is 15.6. The minimum absolute atomic E-state index is 0.227. The number of nitrogens with zero attached hydrogens (tertiary/aromatic N) is 1. The Bertz CT molecular complexity index is 515. The number of benzene rings is 1. The zero-order valence-electron chi connectivity index (χ0n) is 10.6. The molecule has 0 unspecified atom stereocenters. The molecule has 1 rings (SSSR count). The minimum Gasteiger partial charge on any atom is -0.318 e. The van der Waals surface area contributed by atoms with E-state index in [9.17, 15) is 13.2 Å². The molecule has 0 fully saturated rings. The first-order chi connectivity index (χ1) is 8.83. The maximum Gasteiger partial charge on any atom is 0.373 e. The van der Waals surface area contributed by atoms with Crippen molar-refractivity contribution in [1.82, 2.24) is 4.31 Å². The van der Waals surface area contributed by atoms with E-state index < -0.39 is 22.3 Å². The van der Waals surface area contributed by atoms with E-state index in [4.69, 9.17) is 5.73 Å². The molecule has 19 heavy (non-hydrogen) atoms. The van der Waals surface area contributed by atoms with Crippen LogP contribution >= 0.6 is 0 Å². The van der Waals surface area contributed by atoms with Gasteiger partial charge in [0.05, 0.1) is 0 Å². The van der Waals surface area contributed by atoms with Gasteiger partial charge in [-0.15, -0.1) is 0 Å². The quantitative estimate of drug-likeness (QED) is 0.577. The Morgan fingerprint density at radius 1 is 1.32 bits per heavy atom. The van der Waals surface area contributed by atoms with Crippen molar-refractivity contribution in [1.29, 1.82) is 0 Å². The molecular formula is C11H16N2O5S. The second-order valence-corrected chi connectivity index (χ2v) is 5.73. The Balaban J connectivity index is 2.50. The fourth-order valence-electron chi connectivity index (χ4n) is 1.15. The van der Waals surface area contributed by atoms with E-state index in [0.717, 1.165) is 9.87 Å². The molecule has 0 saturated carbocycles. The van der Waals surface area contributed by atoms with Crippen molar-refractivity contribution in [2.45, 2.75) is 12.5 Å². The monoisotopic (exact) mass is 288 g/mol. The van der Waals surface area contributed by atoms with Gasteiger partial charge in [0.1, 0.15) is 6.04 Å². The van der Waals surface area contributed by atoms with Gasteiger partial charge in [-0.3, -0.25) is 4.89 Å². The van der Waals surface area contributed by atoms with Gasteiger partial charge in [-0.1, -0.05) is 30.3 Å². The summed E-state index contributed by atoms with van der Waals surface area (Å²) in [5.74, 6) is -0.950. The van der Waals surface area contributed by atoms with Crippen molar-refractivity contribution in [3.05, 3.63) is 35.9 Å². The summed E-state index contributed by atoms with van der Waals surface area (Å²) in [5.41, 5.74) is 6.43. The first-order valence-corrected chi connectivity index (χ1v) is 6.81. The second kappa shape index (κ2) is 6.62. The van der Waals surface area contributed by atoms with Crippen LogP contribution in [-0.4, -0.2) is 38.8 Å². The molecule has 7 nitrogen and oxygen atoms in total. The predicted octanol–water partition coefficient (Wildman–Crippen LogP) is -0.162. The number of rotatable bonds is 6. The molecule has 0 amide bonds. The van der Waals surface area contributed by atoms with Gasteiger partial charge in [-0.05, 0) is 16.3 Å². The van der Waals surface area contributed by atoms with Crippen LogP contribution in [0.15, 0.2) is 30.3 Å². The Hall–Kier alpha value is -1.48. The Morgan fingerprint density at radius 3 is 2.42 bits per heavy atom. The third-order valence-corrected chi connectivity index (χ3v) is 3.38. The lowest BCUT2D eigenvalue weighted by molar-refractivity contribution is -0.214. The summed E-state index contributed by atoms with van der Waals surface area (Å²) in [6, 6.07) is 8.04. The van der Waals surface area contributed by atoms with Crippen molar-refractivity contribution in [3.63, 3.8) is 0 Å². The van der Waals surface area contributed by atoms with Gasteiger partial charge in [0.2, 0.25) is 0 Å². The maximum atomic E-state index is 11.5. The lowest BCUT2D eigenvalue weighted by Gasteiger charge is -2.12. The maximum absolute atomic E-state index is 11.5. The number of nitrogens with two attached hydrogens (primary N) is 1. The molecule has 0 aromatic heterocycles. The van der Waals surface area contributed by atoms with Gasteiger partial charge < -0.3 is 5.73 Å². The van der Waals surface area contributed by atoms with Gasteiger partial charge in [0, 0.05) is 14.1 Å². The van der Waals surface area contributed by atoms with Crippen LogP contribution < -0.4 is 5.73 Å². The summed E-state index contributed by atoms with van der Waals surface area (Å²) in [7, 11) is -1.58. The fraction of sp³-hybridized carbons (Fsp3) is 0.364. The molecule has 0 radical (unpaired) electrons. The summed E-state index contributed by atoms with van der Waals surface area (Å²) >= 11 is 0. The summed E-state index contributed by atoms with van der Waals surface area (Å²) in [6.07, 6.45) is 0.227. The number of carbonyl (C=O) groups excluding carboxylic acids is 1. The molecule has 0 aliphatic rings. The average molecular weight is 288 g/mol. The molecule has 1 aromatic carbocycles. The molecular weight excluding hydrogens is 272 g/mol. The Labute approximate surface area is 112 Å². The third-order valence-electron chi connectivity index (χ3n) is 2.25. The number of hydrogen-bond donors (Lipinski definition) is 1. The second-order valence-electron chi connectivity index (χ2n) is 4.01. The SMILES string of the molecule is CN(C)S(=O)(=O)OOC(=O)[C@@H](N)Cc1ccccc1. The Kier molecular flexibility index (Phi) is 5.43. The average Bonchev–Trinajstić information content (AvgIpc) is 2.37. The van der Waals surface area contributed by atoms with Crippen LogP contribution in [0.3, 0.4) is 0 Å². The van der Waals surface area contributed by atoms with E-state index in [1.165, 1.54) is 14.1 Å². The highest BCUT2D eigenvalue weighted by atomic mass is 32.2. The molecule has 8 heteroatoms. The lowest BCUT2D eigenvalue weighted by atomic mass is 10.1. The molecule has 0 saturated heterocycles. The van der Waals surface area contributed by atoms with E-state index in [1.54, 1.807) is 24.3 Å². The van der Waals surface area contributed by atoms with Crippen molar-refractivity contribution in [3.8, 4) is 0 Å². The first-order valence-electron chi connectivity index (χ1n) is 5.45. The zero-order chi connectivity index (χ0) is 14.5. The van der Waals surface area contributed by atoms with Crippen LogP contribution in [0.4, 0.5) is 0 Å². The molecule has 0 aliphatic carbocycles. The van der Waals surface area contributed by atoms with E-state index in [2.05, 4.69) is 9.22 Å². The van der Waals surface area contributed by atoms with Crippen LogP contribution in [0.2, 0.25) is 0 Å². The summed E-state index contributed by atoms with van der Waals surface area (Å²) in [4.78, 5) is 15.7. The molecule has 0 spiro atoms. The van der Waals surface area contributed by atoms with Gasteiger partial charge in [0.25, 0.3) is 0 Å². The molecule has 2 N–H and O–H groups in total. The van der Waals surface area contributed by atoms with Crippen LogP contribution in [0.1, 0.15) is 5.56 Å². The van der Waals surface area contributed by atoms with Crippen LogP contribution in [0.5, 0.6) is 0 Å². The van der Waals surface area contributed by atoms with E-state index in [-0.39, 0.29) is 6.42 Å². The molecule has 1 aromatic rings. The highest BCUT2D eigenvalue weighted by Gasteiger charge is 2.22. The molecule has 0 aliphatic heterocycles. The topological polar surface area (TPSA) is 98.9 Å². The van der Waals surface area contributed by atoms with Gasteiger partial charge in [-0.25, -0.2) is 4.79 Å². The molecule has 106 valence electrons. The van der Waals surface area contributed by atoms with Gasteiger partial charge >= 0.3 is 16.3 Å². The van der Waals surface area contributed by atoms with Gasteiger partial charge in [0.15, 0.2) is 0 Å².